The van der Waals surface area contributed by atoms with Crippen LogP contribution in [0.15, 0.2) is 18.3 Å². The van der Waals surface area contributed by atoms with Crippen molar-refractivity contribution in [3.8, 4) is 17.0 Å². The van der Waals surface area contributed by atoms with Crippen LogP contribution in [0.2, 0.25) is 5.28 Å². The van der Waals surface area contributed by atoms with E-state index in [9.17, 15) is 13.6 Å². The lowest BCUT2D eigenvalue weighted by Crippen LogP contribution is -2.36. The first-order valence-electron chi connectivity index (χ1n) is 6.40. The first-order valence-corrected chi connectivity index (χ1v) is 6.78. The lowest BCUT2D eigenvalue weighted by atomic mass is 10.1. The summed E-state index contributed by atoms with van der Waals surface area (Å²) >= 11 is 5.66. The van der Waals surface area contributed by atoms with Gasteiger partial charge in [-0.05, 0) is 23.7 Å². The number of ether oxygens (including phenoxy) is 1. The quantitative estimate of drug-likeness (QED) is 0.757. The highest BCUT2D eigenvalue weighted by molar-refractivity contribution is 6.28. The molecule has 0 bridgehead atoms. The van der Waals surface area contributed by atoms with Gasteiger partial charge in [-0.15, -0.1) is 0 Å². The van der Waals surface area contributed by atoms with Crippen LogP contribution in [0, 0.1) is 11.6 Å². The summed E-state index contributed by atoms with van der Waals surface area (Å²) in [5, 5.41) is -0.158. The summed E-state index contributed by atoms with van der Waals surface area (Å²) in [6.07, 6.45) is 0.904. The van der Waals surface area contributed by atoms with Crippen molar-refractivity contribution in [2.75, 3.05) is 18.1 Å². The maximum Gasteiger partial charge on any atom is 0.224 e. The summed E-state index contributed by atoms with van der Waals surface area (Å²) in [6, 6.07) is 2.53. The van der Waals surface area contributed by atoms with E-state index < -0.39 is 11.6 Å². The van der Waals surface area contributed by atoms with Crippen LogP contribution in [0.25, 0.3) is 11.3 Å². The Balaban J connectivity index is 2.19. The van der Waals surface area contributed by atoms with Crippen molar-refractivity contribution in [2.45, 2.75) is 6.92 Å². The predicted molar refractivity (Wildman–Crippen MR) is 75.9 cm³/mol. The number of anilines is 1. The van der Waals surface area contributed by atoms with E-state index in [0.29, 0.717) is 0 Å². The molecule has 0 unspecified atom stereocenters. The first-order chi connectivity index (χ1) is 10.5. The van der Waals surface area contributed by atoms with Crippen molar-refractivity contribution in [2.24, 2.45) is 0 Å². The number of halogens is 3. The lowest BCUT2D eigenvalue weighted by Gasteiger charge is -2.29. The van der Waals surface area contributed by atoms with Gasteiger partial charge in [-0.2, -0.15) is 0 Å². The van der Waals surface area contributed by atoms with Crippen molar-refractivity contribution in [3.05, 3.63) is 35.2 Å². The Hall–Kier alpha value is -2.28. The number of amides is 1. The summed E-state index contributed by atoms with van der Waals surface area (Å²) in [4.78, 5) is 20.3. The molecule has 0 aliphatic carbocycles. The van der Waals surface area contributed by atoms with Crippen molar-refractivity contribution in [1.29, 1.82) is 0 Å². The van der Waals surface area contributed by atoms with Crippen molar-refractivity contribution in [3.63, 3.8) is 0 Å². The molecule has 3 rings (SSSR count). The average molecular weight is 326 g/mol. The van der Waals surface area contributed by atoms with Gasteiger partial charge in [-0.3, -0.25) is 4.79 Å². The summed E-state index contributed by atoms with van der Waals surface area (Å²) in [7, 11) is 0. The van der Waals surface area contributed by atoms with Gasteiger partial charge in [0, 0.05) is 12.5 Å². The Labute approximate surface area is 129 Å². The molecule has 22 heavy (non-hydrogen) atoms. The van der Waals surface area contributed by atoms with E-state index in [-0.39, 0.29) is 47.0 Å². The van der Waals surface area contributed by atoms with E-state index in [4.69, 9.17) is 16.3 Å². The van der Waals surface area contributed by atoms with Crippen LogP contribution in [0.1, 0.15) is 6.92 Å². The van der Waals surface area contributed by atoms with Gasteiger partial charge in [-0.1, -0.05) is 0 Å². The average Bonchev–Trinajstić information content (AvgIpc) is 2.49. The zero-order chi connectivity index (χ0) is 15.9. The Morgan fingerprint density at radius 3 is 2.86 bits per heavy atom. The second kappa shape index (κ2) is 5.49. The number of carbonyl (C=O) groups is 1. The highest BCUT2D eigenvalue weighted by atomic mass is 35.5. The SMILES string of the molecule is CC(=O)N1CCOc2c(F)cc(-c3nc(Cl)ncc3F)cc21. The Bertz CT molecular complexity index is 770. The van der Waals surface area contributed by atoms with Crippen LogP contribution >= 0.6 is 11.6 Å². The molecule has 0 saturated heterocycles. The molecule has 1 amide bonds. The van der Waals surface area contributed by atoms with Crippen LogP contribution in [0.3, 0.4) is 0 Å². The zero-order valence-electron chi connectivity index (χ0n) is 11.4. The van der Waals surface area contributed by atoms with Crippen molar-refractivity contribution >= 4 is 23.2 Å². The normalized spacial score (nSPS) is 13.5. The molecule has 0 saturated carbocycles. The number of nitrogens with zero attached hydrogens (tertiary/aromatic N) is 3. The van der Waals surface area contributed by atoms with Crippen LogP contribution in [-0.4, -0.2) is 29.0 Å². The molecule has 0 fully saturated rings. The fourth-order valence-corrected chi connectivity index (χ4v) is 2.43. The molecule has 0 atom stereocenters. The second-order valence-corrected chi connectivity index (χ2v) is 5.00. The number of benzene rings is 1. The highest BCUT2D eigenvalue weighted by Gasteiger charge is 2.26. The molecule has 1 aliphatic rings. The topological polar surface area (TPSA) is 55.3 Å². The molecule has 1 aromatic heterocycles. The summed E-state index contributed by atoms with van der Waals surface area (Å²) in [5.74, 6) is -1.74. The van der Waals surface area contributed by atoms with Crippen LogP contribution in [-0.2, 0) is 4.79 Å². The Kier molecular flexibility index (Phi) is 3.66. The second-order valence-electron chi connectivity index (χ2n) is 4.66. The van der Waals surface area contributed by atoms with Crippen LogP contribution in [0.4, 0.5) is 14.5 Å². The fraction of sp³-hybridized carbons (Fsp3) is 0.214. The van der Waals surface area contributed by atoms with Crippen molar-refractivity contribution in [1.82, 2.24) is 9.97 Å². The van der Waals surface area contributed by atoms with Gasteiger partial charge < -0.3 is 9.64 Å². The molecule has 8 heteroatoms. The number of hydrogen-bond acceptors (Lipinski definition) is 4. The Morgan fingerprint density at radius 1 is 1.36 bits per heavy atom. The maximum absolute atomic E-state index is 14.2. The number of aromatic nitrogens is 2. The van der Waals surface area contributed by atoms with Gasteiger partial charge in [0.25, 0.3) is 0 Å². The summed E-state index contributed by atoms with van der Waals surface area (Å²) in [5.41, 5.74) is 0.244. The minimum atomic E-state index is -0.741. The van der Waals surface area contributed by atoms with Gasteiger partial charge in [0.2, 0.25) is 11.2 Å². The van der Waals surface area contributed by atoms with E-state index in [1.54, 1.807) is 0 Å². The van der Waals surface area contributed by atoms with Crippen LogP contribution in [0.5, 0.6) is 5.75 Å². The third-order valence-corrected chi connectivity index (χ3v) is 3.43. The van der Waals surface area contributed by atoms with Crippen LogP contribution < -0.4 is 9.64 Å². The van der Waals surface area contributed by atoms with E-state index in [2.05, 4.69) is 9.97 Å². The minimum absolute atomic E-state index is 0.0363. The van der Waals surface area contributed by atoms with Gasteiger partial charge in [0.1, 0.15) is 12.3 Å². The van der Waals surface area contributed by atoms with Gasteiger partial charge >= 0.3 is 0 Å². The molecule has 0 N–H and O–H groups in total. The molecule has 0 radical (unpaired) electrons. The zero-order valence-corrected chi connectivity index (χ0v) is 12.2. The molecule has 2 aromatic rings. The monoisotopic (exact) mass is 325 g/mol. The predicted octanol–water partition coefficient (Wildman–Crippen LogP) is 2.82. The lowest BCUT2D eigenvalue weighted by molar-refractivity contribution is -0.116. The van der Waals surface area contributed by atoms with E-state index in [1.165, 1.54) is 17.9 Å². The highest BCUT2D eigenvalue weighted by Crippen LogP contribution is 2.38. The van der Waals surface area contributed by atoms with Crippen molar-refractivity contribution < 1.29 is 18.3 Å². The van der Waals surface area contributed by atoms with Gasteiger partial charge in [0.15, 0.2) is 17.4 Å². The van der Waals surface area contributed by atoms with E-state index >= 15 is 0 Å². The standard InChI is InChI=1S/C14H10ClF2N3O2/c1-7(21)20-2-3-22-13-9(16)4-8(5-11(13)20)12-10(17)6-18-14(15)19-12/h4-6H,2-3H2,1H3. The molecule has 1 aromatic carbocycles. The van der Waals surface area contributed by atoms with E-state index in [1.807, 2.05) is 0 Å². The molecular formula is C14H10ClF2N3O2. The summed E-state index contributed by atoms with van der Waals surface area (Å²) < 4.78 is 33.3. The maximum atomic E-state index is 14.2. The number of fused-ring (bicyclic) bond motifs is 1. The van der Waals surface area contributed by atoms with Gasteiger partial charge in [-0.25, -0.2) is 18.7 Å². The van der Waals surface area contributed by atoms with Gasteiger partial charge in [0.05, 0.1) is 18.4 Å². The smallest absolute Gasteiger partial charge is 0.224 e. The number of rotatable bonds is 1. The third kappa shape index (κ3) is 2.48. The number of hydrogen-bond donors (Lipinski definition) is 0. The first kappa shape index (κ1) is 14.6. The fourth-order valence-electron chi connectivity index (χ4n) is 2.29. The third-order valence-electron chi connectivity index (χ3n) is 3.24. The molecule has 2 heterocycles. The molecule has 114 valence electrons. The number of carbonyl (C=O) groups excluding carboxylic acids is 1. The minimum Gasteiger partial charge on any atom is -0.486 e. The van der Waals surface area contributed by atoms with E-state index in [0.717, 1.165) is 12.3 Å². The summed E-state index contributed by atoms with van der Waals surface area (Å²) in [6.45, 7) is 1.84. The molecule has 0 spiro atoms. The Morgan fingerprint density at radius 2 is 2.14 bits per heavy atom. The largest absolute Gasteiger partial charge is 0.486 e. The molecule has 5 nitrogen and oxygen atoms in total. The molecular weight excluding hydrogens is 316 g/mol. The molecule has 1 aliphatic heterocycles.